The van der Waals surface area contributed by atoms with E-state index in [-0.39, 0.29) is 12.0 Å². The van der Waals surface area contributed by atoms with Gasteiger partial charge in [0, 0.05) is 32.8 Å². The van der Waals surface area contributed by atoms with E-state index in [2.05, 4.69) is 21.0 Å². The zero-order valence-corrected chi connectivity index (χ0v) is 13.7. The summed E-state index contributed by atoms with van der Waals surface area (Å²) in [4.78, 5) is 14.1. The van der Waals surface area contributed by atoms with Gasteiger partial charge < -0.3 is 9.64 Å². The van der Waals surface area contributed by atoms with Gasteiger partial charge in [0.25, 0.3) is 0 Å². The number of hydrogen-bond acceptors (Lipinski definition) is 3. The predicted molar refractivity (Wildman–Crippen MR) is 80.5 cm³/mol. The summed E-state index contributed by atoms with van der Waals surface area (Å²) in [5.74, 6) is 0.244. The van der Waals surface area contributed by atoms with Crippen molar-refractivity contribution < 1.29 is 9.53 Å². The minimum Gasteiger partial charge on any atom is -0.382 e. The lowest BCUT2D eigenvalue weighted by atomic mass is 10.0. The molecule has 2 heterocycles. The molecular formula is C14H22BrN3O2. The molecule has 0 aliphatic carbocycles. The van der Waals surface area contributed by atoms with Crippen LogP contribution < -0.4 is 0 Å². The third-order valence-corrected chi connectivity index (χ3v) is 4.34. The fraction of sp³-hybridized carbons (Fsp3) is 0.714. The zero-order valence-electron chi connectivity index (χ0n) is 12.1. The van der Waals surface area contributed by atoms with Gasteiger partial charge in [0.05, 0.1) is 22.8 Å². The molecule has 112 valence electrons. The molecule has 1 fully saturated rings. The van der Waals surface area contributed by atoms with E-state index in [4.69, 9.17) is 4.74 Å². The highest BCUT2D eigenvalue weighted by molar-refractivity contribution is 9.10. The molecule has 0 spiro atoms. The van der Waals surface area contributed by atoms with Crippen molar-refractivity contribution in [1.29, 1.82) is 0 Å². The van der Waals surface area contributed by atoms with Gasteiger partial charge in [-0.05, 0) is 42.1 Å². The Kier molecular flexibility index (Phi) is 5.60. The van der Waals surface area contributed by atoms with Gasteiger partial charge in [0.1, 0.15) is 0 Å². The molecule has 0 aromatic carbocycles. The number of rotatable bonds is 5. The lowest BCUT2D eigenvalue weighted by molar-refractivity contribution is -0.133. The summed E-state index contributed by atoms with van der Waals surface area (Å²) in [6.45, 7) is 3.64. The maximum absolute atomic E-state index is 12.1. The summed E-state index contributed by atoms with van der Waals surface area (Å²) in [6, 6.07) is 0.406. The van der Waals surface area contributed by atoms with Gasteiger partial charge in [-0.1, -0.05) is 0 Å². The van der Waals surface area contributed by atoms with Crippen LogP contribution in [0.1, 0.15) is 38.6 Å². The molecule has 2 rings (SSSR count). The number of hydrogen-bond donors (Lipinski definition) is 0. The topological polar surface area (TPSA) is 47.4 Å². The SMILES string of the molecule is CO[C@@H](C)CCC(=O)N1CCC(n2cc(Br)cn2)CC1. The van der Waals surface area contributed by atoms with Crippen LogP contribution in [0.25, 0.3) is 0 Å². The summed E-state index contributed by atoms with van der Waals surface area (Å²) in [6.07, 6.45) is 7.28. The molecule has 1 amide bonds. The molecule has 1 atom stereocenters. The first-order chi connectivity index (χ1) is 9.60. The van der Waals surface area contributed by atoms with E-state index in [0.29, 0.717) is 12.5 Å². The Morgan fingerprint density at radius 1 is 1.55 bits per heavy atom. The van der Waals surface area contributed by atoms with E-state index in [1.54, 1.807) is 7.11 Å². The van der Waals surface area contributed by atoms with E-state index in [1.165, 1.54) is 0 Å². The molecule has 0 N–H and O–H groups in total. The van der Waals surface area contributed by atoms with Crippen molar-refractivity contribution in [2.45, 2.75) is 44.8 Å². The number of likely N-dealkylation sites (tertiary alicyclic amines) is 1. The van der Waals surface area contributed by atoms with E-state index >= 15 is 0 Å². The van der Waals surface area contributed by atoms with Crippen LogP contribution >= 0.6 is 15.9 Å². The van der Waals surface area contributed by atoms with Crippen molar-refractivity contribution >= 4 is 21.8 Å². The molecular weight excluding hydrogens is 322 g/mol. The van der Waals surface area contributed by atoms with Crippen LogP contribution in [0.3, 0.4) is 0 Å². The molecule has 1 aliphatic rings. The Hall–Kier alpha value is -0.880. The highest BCUT2D eigenvalue weighted by atomic mass is 79.9. The zero-order chi connectivity index (χ0) is 14.5. The monoisotopic (exact) mass is 343 g/mol. The van der Waals surface area contributed by atoms with Crippen LogP contribution in [0, 0.1) is 0 Å². The fourth-order valence-corrected chi connectivity index (χ4v) is 2.80. The molecule has 1 saturated heterocycles. The summed E-state index contributed by atoms with van der Waals surface area (Å²) in [7, 11) is 1.68. The largest absolute Gasteiger partial charge is 0.382 e. The van der Waals surface area contributed by atoms with Gasteiger partial charge in [-0.15, -0.1) is 0 Å². The van der Waals surface area contributed by atoms with Crippen molar-refractivity contribution in [3.63, 3.8) is 0 Å². The quantitative estimate of drug-likeness (QED) is 0.825. The van der Waals surface area contributed by atoms with Crippen LogP contribution in [0.5, 0.6) is 0 Å². The summed E-state index contributed by atoms with van der Waals surface area (Å²) >= 11 is 3.41. The van der Waals surface area contributed by atoms with Crippen LogP contribution in [-0.4, -0.2) is 46.9 Å². The van der Waals surface area contributed by atoms with Gasteiger partial charge in [-0.25, -0.2) is 0 Å². The number of halogens is 1. The summed E-state index contributed by atoms with van der Waals surface area (Å²) in [5.41, 5.74) is 0. The molecule has 1 aliphatic heterocycles. The van der Waals surface area contributed by atoms with Crippen LogP contribution in [-0.2, 0) is 9.53 Å². The molecule has 0 bridgehead atoms. The molecule has 6 heteroatoms. The number of amides is 1. The van der Waals surface area contributed by atoms with Gasteiger partial charge >= 0.3 is 0 Å². The number of nitrogens with zero attached hydrogens (tertiary/aromatic N) is 3. The fourth-order valence-electron chi connectivity index (χ4n) is 2.50. The Balaban J connectivity index is 1.77. The molecule has 0 unspecified atom stereocenters. The Bertz CT molecular complexity index is 441. The van der Waals surface area contributed by atoms with Gasteiger partial charge in [0.15, 0.2) is 0 Å². The number of methoxy groups -OCH3 is 1. The molecule has 20 heavy (non-hydrogen) atoms. The molecule has 1 aromatic rings. The average Bonchev–Trinajstić information content (AvgIpc) is 2.91. The van der Waals surface area contributed by atoms with E-state index < -0.39 is 0 Å². The second kappa shape index (κ2) is 7.22. The number of carbonyl (C=O) groups is 1. The van der Waals surface area contributed by atoms with E-state index in [0.717, 1.165) is 36.8 Å². The maximum Gasteiger partial charge on any atom is 0.222 e. The maximum atomic E-state index is 12.1. The van der Waals surface area contributed by atoms with Crippen molar-refractivity contribution in [3.8, 4) is 0 Å². The average molecular weight is 344 g/mol. The highest BCUT2D eigenvalue weighted by Gasteiger charge is 2.24. The number of piperidine rings is 1. The Labute approximate surface area is 128 Å². The first-order valence-corrected chi connectivity index (χ1v) is 7.89. The van der Waals surface area contributed by atoms with Crippen molar-refractivity contribution in [1.82, 2.24) is 14.7 Å². The van der Waals surface area contributed by atoms with Crippen LogP contribution in [0.2, 0.25) is 0 Å². The first kappa shape index (κ1) is 15.5. The highest BCUT2D eigenvalue weighted by Crippen LogP contribution is 2.23. The molecule has 1 aromatic heterocycles. The second-order valence-electron chi connectivity index (χ2n) is 5.34. The molecule has 0 radical (unpaired) electrons. The number of aromatic nitrogens is 2. The first-order valence-electron chi connectivity index (χ1n) is 7.10. The minimum absolute atomic E-state index is 0.151. The molecule has 0 saturated carbocycles. The van der Waals surface area contributed by atoms with E-state index in [9.17, 15) is 4.79 Å². The van der Waals surface area contributed by atoms with Crippen LogP contribution in [0.15, 0.2) is 16.9 Å². The Morgan fingerprint density at radius 3 is 2.80 bits per heavy atom. The smallest absolute Gasteiger partial charge is 0.222 e. The number of ether oxygens (including phenoxy) is 1. The van der Waals surface area contributed by atoms with Gasteiger partial charge in [-0.2, -0.15) is 5.10 Å². The van der Waals surface area contributed by atoms with Gasteiger partial charge in [-0.3, -0.25) is 9.48 Å². The lowest BCUT2D eigenvalue weighted by Gasteiger charge is -2.32. The standard InChI is InChI=1S/C14H22BrN3O2/c1-11(20-2)3-4-14(19)17-7-5-13(6-8-17)18-10-12(15)9-16-18/h9-11,13H,3-8H2,1-2H3/t11-/m0/s1. The third kappa shape index (κ3) is 4.06. The predicted octanol–water partition coefficient (Wildman–Crippen LogP) is 2.62. The lowest BCUT2D eigenvalue weighted by Crippen LogP contribution is -2.39. The normalized spacial score (nSPS) is 18.2. The summed E-state index contributed by atoms with van der Waals surface area (Å²) in [5, 5.41) is 4.33. The van der Waals surface area contributed by atoms with Crippen molar-refractivity contribution in [3.05, 3.63) is 16.9 Å². The third-order valence-electron chi connectivity index (χ3n) is 3.93. The van der Waals surface area contributed by atoms with Gasteiger partial charge in [0.2, 0.25) is 5.91 Å². The minimum atomic E-state index is 0.151. The summed E-state index contributed by atoms with van der Waals surface area (Å²) < 4.78 is 8.18. The van der Waals surface area contributed by atoms with Crippen molar-refractivity contribution in [2.24, 2.45) is 0 Å². The van der Waals surface area contributed by atoms with E-state index in [1.807, 2.05) is 28.9 Å². The molecule has 5 nitrogen and oxygen atoms in total. The number of carbonyl (C=O) groups excluding carboxylic acids is 1. The Morgan fingerprint density at radius 2 is 2.25 bits per heavy atom. The second-order valence-corrected chi connectivity index (χ2v) is 6.25. The van der Waals surface area contributed by atoms with Crippen molar-refractivity contribution in [2.75, 3.05) is 20.2 Å². The van der Waals surface area contributed by atoms with Crippen LogP contribution in [0.4, 0.5) is 0 Å².